The van der Waals surface area contributed by atoms with Crippen LogP contribution in [0.3, 0.4) is 0 Å². The lowest BCUT2D eigenvalue weighted by Crippen LogP contribution is -2.17. The van der Waals surface area contributed by atoms with E-state index >= 15 is 0 Å². The summed E-state index contributed by atoms with van der Waals surface area (Å²) in [6.45, 7) is 2.04. The highest BCUT2D eigenvalue weighted by atomic mass is 35.5. The van der Waals surface area contributed by atoms with E-state index in [2.05, 4.69) is 5.32 Å². The summed E-state index contributed by atoms with van der Waals surface area (Å²) in [6, 6.07) is 7.37. The monoisotopic (exact) mass is 373 g/mol. The number of nitrogens with one attached hydrogen (secondary N) is 1. The molecule has 0 aromatic heterocycles. The zero-order valence-corrected chi connectivity index (χ0v) is 14.2. The fourth-order valence-electron chi connectivity index (χ4n) is 2.19. The number of methoxy groups -OCH3 is 1. The highest BCUT2D eigenvalue weighted by Gasteiger charge is 2.33. The lowest BCUT2D eigenvalue weighted by molar-refractivity contribution is -0.136. The Morgan fingerprint density at radius 1 is 1.24 bits per heavy atom. The molecule has 0 saturated heterocycles. The summed E-state index contributed by atoms with van der Waals surface area (Å²) in [5, 5.41) is 2.37. The third-order valence-electron chi connectivity index (χ3n) is 3.26. The second-order valence-electron chi connectivity index (χ2n) is 4.92. The molecule has 8 heteroatoms. The number of carbonyl (C=O) groups is 1. The average Bonchev–Trinajstić information content (AvgIpc) is 2.54. The van der Waals surface area contributed by atoms with Crippen molar-refractivity contribution >= 4 is 23.2 Å². The van der Waals surface area contributed by atoms with Crippen molar-refractivity contribution in [1.29, 1.82) is 0 Å². The van der Waals surface area contributed by atoms with Crippen molar-refractivity contribution in [2.75, 3.05) is 19.0 Å². The number of amides is 1. The number of hydrogen-bond acceptors (Lipinski definition) is 3. The Balaban J connectivity index is 2.37. The minimum Gasteiger partial charge on any atom is -0.491 e. The van der Waals surface area contributed by atoms with Crippen LogP contribution in [0.4, 0.5) is 18.9 Å². The summed E-state index contributed by atoms with van der Waals surface area (Å²) < 4.78 is 49.5. The molecule has 0 saturated carbocycles. The molecule has 1 amide bonds. The van der Waals surface area contributed by atoms with Gasteiger partial charge in [-0.3, -0.25) is 4.79 Å². The Labute approximate surface area is 147 Å². The van der Waals surface area contributed by atoms with Gasteiger partial charge in [0.15, 0.2) is 11.5 Å². The molecule has 4 nitrogen and oxygen atoms in total. The van der Waals surface area contributed by atoms with Crippen LogP contribution in [0.2, 0.25) is 5.02 Å². The molecule has 2 rings (SSSR count). The van der Waals surface area contributed by atoms with Crippen molar-refractivity contribution in [2.24, 2.45) is 0 Å². The maximum Gasteiger partial charge on any atom is 0.418 e. The van der Waals surface area contributed by atoms with Crippen LogP contribution in [0.15, 0.2) is 36.4 Å². The van der Waals surface area contributed by atoms with E-state index in [9.17, 15) is 18.0 Å². The summed E-state index contributed by atoms with van der Waals surface area (Å²) >= 11 is 6.06. The number of benzene rings is 2. The van der Waals surface area contributed by atoms with Gasteiger partial charge in [-0.1, -0.05) is 23.7 Å². The zero-order valence-electron chi connectivity index (χ0n) is 13.4. The molecule has 0 heterocycles. The van der Waals surface area contributed by atoms with Crippen molar-refractivity contribution in [3.05, 3.63) is 52.5 Å². The number of para-hydroxylation sites is 1. The van der Waals surface area contributed by atoms with Gasteiger partial charge in [0.25, 0.3) is 5.91 Å². The zero-order chi connectivity index (χ0) is 18.6. The van der Waals surface area contributed by atoms with E-state index in [1.165, 1.54) is 37.4 Å². The van der Waals surface area contributed by atoms with Crippen molar-refractivity contribution in [3.63, 3.8) is 0 Å². The predicted molar refractivity (Wildman–Crippen MR) is 88.6 cm³/mol. The fourth-order valence-corrected chi connectivity index (χ4v) is 2.48. The molecule has 0 aliphatic rings. The molecule has 134 valence electrons. The number of anilines is 1. The summed E-state index contributed by atoms with van der Waals surface area (Å²) in [5.41, 5.74) is -1.23. The molecule has 2 aromatic carbocycles. The third-order valence-corrected chi connectivity index (χ3v) is 3.54. The maximum absolute atomic E-state index is 13.0. The molecular formula is C17H15ClF3NO3. The van der Waals surface area contributed by atoms with Gasteiger partial charge in [-0.05, 0) is 31.2 Å². The molecule has 0 radical (unpaired) electrons. The quantitative estimate of drug-likeness (QED) is 0.800. The van der Waals surface area contributed by atoms with Crippen LogP contribution in [-0.4, -0.2) is 19.6 Å². The number of alkyl halides is 3. The molecule has 0 spiro atoms. The molecule has 0 unspecified atom stereocenters. The van der Waals surface area contributed by atoms with Gasteiger partial charge in [-0.2, -0.15) is 13.2 Å². The van der Waals surface area contributed by atoms with Gasteiger partial charge < -0.3 is 14.8 Å². The van der Waals surface area contributed by atoms with E-state index < -0.39 is 17.6 Å². The molecule has 0 aliphatic carbocycles. The summed E-state index contributed by atoms with van der Waals surface area (Å²) in [5.74, 6) is -0.273. The first-order valence-corrected chi connectivity index (χ1v) is 7.63. The third kappa shape index (κ3) is 4.36. The number of rotatable bonds is 5. The largest absolute Gasteiger partial charge is 0.491 e. The van der Waals surface area contributed by atoms with E-state index in [-0.39, 0.29) is 27.8 Å². The highest BCUT2D eigenvalue weighted by Crippen LogP contribution is 2.37. The minimum absolute atomic E-state index is 0.0474. The van der Waals surface area contributed by atoms with Crippen LogP contribution in [0.5, 0.6) is 11.5 Å². The molecule has 0 atom stereocenters. The first-order valence-electron chi connectivity index (χ1n) is 7.25. The van der Waals surface area contributed by atoms with E-state index in [0.29, 0.717) is 6.61 Å². The van der Waals surface area contributed by atoms with Crippen molar-refractivity contribution in [1.82, 2.24) is 0 Å². The minimum atomic E-state index is -4.59. The predicted octanol–water partition coefficient (Wildman–Crippen LogP) is 5.02. The Morgan fingerprint density at radius 3 is 2.52 bits per heavy atom. The highest BCUT2D eigenvalue weighted by molar-refractivity contribution is 6.32. The maximum atomic E-state index is 13.0. The van der Waals surface area contributed by atoms with Gasteiger partial charge in [0.05, 0.1) is 30.0 Å². The molecule has 1 N–H and O–H groups in total. The average molecular weight is 374 g/mol. The Kier molecular flexibility index (Phi) is 5.79. The Morgan fingerprint density at radius 2 is 1.92 bits per heavy atom. The summed E-state index contributed by atoms with van der Waals surface area (Å²) in [4.78, 5) is 12.4. The number of halogens is 4. The Hall–Kier alpha value is -2.41. The van der Waals surface area contributed by atoms with Crippen LogP contribution < -0.4 is 14.8 Å². The van der Waals surface area contributed by atoms with Gasteiger partial charge in [0.1, 0.15) is 0 Å². The fraction of sp³-hybridized carbons (Fsp3) is 0.235. The molecule has 0 bridgehead atoms. The van der Waals surface area contributed by atoms with Crippen LogP contribution in [0, 0.1) is 0 Å². The lowest BCUT2D eigenvalue weighted by Gasteiger charge is -2.15. The van der Waals surface area contributed by atoms with E-state index in [4.69, 9.17) is 21.1 Å². The van der Waals surface area contributed by atoms with Crippen molar-refractivity contribution in [2.45, 2.75) is 13.1 Å². The number of ether oxygens (including phenoxy) is 2. The summed E-state index contributed by atoms with van der Waals surface area (Å²) in [6.07, 6.45) is -4.59. The van der Waals surface area contributed by atoms with Gasteiger partial charge in [0.2, 0.25) is 0 Å². The van der Waals surface area contributed by atoms with Crippen LogP contribution in [0.1, 0.15) is 22.8 Å². The second-order valence-corrected chi connectivity index (χ2v) is 5.33. The van der Waals surface area contributed by atoms with Gasteiger partial charge in [-0.25, -0.2) is 0 Å². The van der Waals surface area contributed by atoms with Crippen LogP contribution in [-0.2, 0) is 6.18 Å². The molecular weight excluding hydrogens is 359 g/mol. The van der Waals surface area contributed by atoms with E-state index in [1.54, 1.807) is 6.92 Å². The van der Waals surface area contributed by atoms with Crippen LogP contribution >= 0.6 is 11.6 Å². The standard InChI is InChI=1S/C17H15ClF3NO3/c1-3-25-14-9-10(8-12(18)15(14)24-2)16(23)22-13-7-5-4-6-11(13)17(19,20)21/h4-9H,3H2,1-2H3,(H,22,23). The second kappa shape index (κ2) is 7.65. The normalized spacial score (nSPS) is 11.1. The van der Waals surface area contributed by atoms with Crippen molar-refractivity contribution in [3.8, 4) is 11.5 Å². The van der Waals surface area contributed by atoms with Gasteiger partial charge >= 0.3 is 6.18 Å². The van der Waals surface area contributed by atoms with Gasteiger partial charge in [-0.15, -0.1) is 0 Å². The Bertz CT molecular complexity index is 778. The molecule has 2 aromatic rings. The van der Waals surface area contributed by atoms with Crippen LogP contribution in [0.25, 0.3) is 0 Å². The number of carbonyl (C=O) groups excluding carboxylic acids is 1. The molecule has 0 aliphatic heterocycles. The van der Waals surface area contributed by atoms with Gasteiger partial charge in [0, 0.05) is 5.56 Å². The SMILES string of the molecule is CCOc1cc(C(=O)Nc2ccccc2C(F)(F)F)cc(Cl)c1OC. The topological polar surface area (TPSA) is 47.6 Å². The van der Waals surface area contributed by atoms with Crippen molar-refractivity contribution < 1.29 is 27.4 Å². The molecule has 25 heavy (non-hydrogen) atoms. The van der Waals surface area contributed by atoms with E-state index in [1.807, 2.05) is 0 Å². The summed E-state index contributed by atoms with van der Waals surface area (Å²) in [7, 11) is 1.39. The van der Waals surface area contributed by atoms with E-state index in [0.717, 1.165) is 6.07 Å². The molecule has 0 fully saturated rings. The lowest BCUT2D eigenvalue weighted by atomic mass is 10.1. The smallest absolute Gasteiger partial charge is 0.418 e. The first kappa shape index (κ1) is 18.9. The number of hydrogen-bond donors (Lipinski definition) is 1. The first-order chi connectivity index (χ1) is 11.8.